The lowest BCUT2D eigenvalue weighted by Crippen LogP contribution is -2.42. The highest BCUT2D eigenvalue weighted by Gasteiger charge is 2.23. The van der Waals surface area contributed by atoms with E-state index in [2.05, 4.69) is 12.2 Å². The van der Waals surface area contributed by atoms with Crippen molar-refractivity contribution in [2.45, 2.75) is 31.6 Å². The molecule has 1 rings (SSSR count). The van der Waals surface area contributed by atoms with Crippen LogP contribution in [0.4, 0.5) is 0 Å². The molecule has 0 saturated carbocycles. The van der Waals surface area contributed by atoms with Gasteiger partial charge in [-0.15, -0.1) is 0 Å². The number of nitrogens with zero attached hydrogens (tertiary/aromatic N) is 1. The molecular formula is C10H22N2O2. The fourth-order valence-corrected chi connectivity index (χ4v) is 1.77. The lowest BCUT2D eigenvalue weighted by molar-refractivity contribution is 0.101. The smallest absolute Gasteiger partial charge is 0.0791 e. The Kier molecular flexibility index (Phi) is 4.81. The molecule has 0 spiro atoms. The van der Waals surface area contributed by atoms with E-state index in [0.717, 1.165) is 13.0 Å². The molecule has 3 unspecified atom stereocenters. The van der Waals surface area contributed by atoms with E-state index in [-0.39, 0.29) is 12.2 Å². The molecule has 4 nitrogen and oxygen atoms in total. The summed E-state index contributed by atoms with van der Waals surface area (Å²) in [6.45, 7) is 4.26. The SMILES string of the molecule is CC1OCCC1NCC(O)CN(C)C. The highest BCUT2D eigenvalue weighted by molar-refractivity contribution is 4.80. The van der Waals surface area contributed by atoms with Gasteiger partial charge in [0.05, 0.1) is 12.2 Å². The number of ether oxygens (including phenoxy) is 1. The molecule has 3 atom stereocenters. The van der Waals surface area contributed by atoms with Crippen molar-refractivity contribution in [3.63, 3.8) is 0 Å². The molecule has 0 amide bonds. The van der Waals surface area contributed by atoms with Gasteiger partial charge in [-0.05, 0) is 27.4 Å². The predicted octanol–water partition coefficient (Wildman–Crippen LogP) is -0.324. The maximum atomic E-state index is 9.62. The Morgan fingerprint density at radius 1 is 1.57 bits per heavy atom. The Balaban J connectivity index is 2.13. The minimum Gasteiger partial charge on any atom is -0.390 e. The summed E-state index contributed by atoms with van der Waals surface area (Å²) in [7, 11) is 3.93. The maximum absolute atomic E-state index is 9.62. The molecule has 2 N–H and O–H groups in total. The summed E-state index contributed by atoms with van der Waals surface area (Å²) in [5, 5.41) is 13.0. The van der Waals surface area contributed by atoms with E-state index >= 15 is 0 Å². The van der Waals surface area contributed by atoms with Gasteiger partial charge in [0.25, 0.3) is 0 Å². The molecule has 1 aliphatic heterocycles. The molecule has 4 heteroatoms. The second kappa shape index (κ2) is 5.66. The van der Waals surface area contributed by atoms with Gasteiger partial charge in [0.15, 0.2) is 0 Å². The van der Waals surface area contributed by atoms with Crippen LogP contribution in [-0.4, -0.2) is 62.0 Å². The van der Waals surface area contributed by atoms with Crippen LogP contribution in [0.5, 0.6) is 0 Å². The van der Waals surface area contributed by atoms with E-state index < -0.39 is 0 Å². The average molecular weight is 202 g/mol. The zero-order chi connectivity index (χ0) is 10.6. The Morgan fingerprint density at radius 3 is 2.79 bits per heavy atom. The van der Waals surface area contributed by atoms with Crippen molar-refractivity contribution in [2.75, 3.05) is 33.8 Å². The van der Waals surface area contributed by atoms with Crippen LogP contribution in [0.3, 0.4) is 0 Å². The summed E-state index contributed by atoms with van der Waals surface area (Å²) in [6.07, 6.45) is 1.04. The van der Waals surface area contributed by atoms with Gasteiger partial charge >= 0.3 is 0 Å². The van der Waals surface area contributed by atoms with E-state index in [9.17, 15) is 5.11 Å². The van der Waals surface area contributed by atoms with E-state index in [1.165, 1.54) is 0 Å². The van der Waals surface area contributed by atoms with Crippen LogP contribution < -0.4 is 5.32 Å². The third kappa shape index (κ3) is 3.92. The number of nitrogens with one attached hydrogen (secondary N) is 1. The van der Waals surface area contributed by atoms with Crippen molar-refractivity contribution in [1.29, 1.82) is 0 Å². The van der Waals surface area contributed by atoms with E-state index in [0.29, 0.717) is 19.1 Å². The van der Waals surface area contributed by atoms with Crippen molar-refractivity contribution in [3.05, 3.63) is 0 Å². The summed E-state index contributed by atoms with van der Waals surface area (Å²) >= 11 is 0. The highest BCUT2D eigenvalue weighted by atomic mass is 16.5. The Morgan fingerprint density at radius 2 is 2.29 bits per heavy atom. The van der Waals surface area contributed by atoms with E-state index in [1.807, 2.05) is 19.0 Å². The van der Waals surface area contributed by atoms with Gasteiger partial charge in [-0.1, -0.05) is 0 Å². The van der Waals surface area contributed by atoms with Gasteiger partial charge in [-0.25, -0.2) is 0 Å². The molecule has 1 aliphatic rings. The van der Waals surface area contributed by atoms with Crippen molar-refractivity contribution < 1.29 is 9.84 Å². The minimum absolute atomic E-state index is 0.279. The molecule has 0 aromatic rings. The molecule has 0 aromatic carbocycles. The second-order valence-corrected chi connectivity index (χ2v) is 4.30. The van der Waals surface area contributed by atoms with Crippen molar-refractivity contribution in [2.24, 2.45) is 0 Å². The predicted molar refractivity (Wildman–Crippen MR) is 56.4 cm³/mol. The van der Waals surface area contributed by atoms with Gasteiger partial charge in [-0.2, -0.15) is 0 Å². The fourth-order valence-electron chi connectivity index (χ4n) is 1.77. The largest absolute Gasteiger partial charge is 0.390 e. The zero-order valence-corrected chi connectivity index (χ0v) is 9.36. The first-order chi connectivity index (χ1) is 6.59. The third-order valence-corrected chi connectivity index (χ3v) is 2.57. The molecule has 84 valence electrons. The number of aliphatic hydroxyl groups is 1. The number of hydrogen-bond acceptors (Lipinski definition) is 4. The Labute approximate surface area is 86.2 Å². The summed E-state index contributed by atoms with van der Waals surface area (Å²) in [5.74, 6) is 0. The minimum atomic E-state index is -0.294. The van der Waals surface area contributed by atoms with Crippen molar-refractivity contribution in [1.82, 2.24) is 10.2 Å². The molecule has 1 heterocycles. The van der Waals surface area contributed by atoms with Crippen LogP contribution in [0.25, 0.3) is 0 Å². The molecule has 0 aromatic heterocycles. The van der Waals surface area contributed by atoms with Crippen LogP contribution in [0.1, 0.15) is 13.3 Å². The van der Waals surface area contributed by atoms with Gasteiger partial charge < -0.3 is 20.1 Å². The lowest BCUT2D eigenvalue weighted by atomic mass is 10.1. The molecule has 0 bridgehead atoms. The van der Waals surface area contributed by atoms with Crippen molar-refractivity contribution >= 4 is 0 Å². The maximum Gasteiger partial charge on any atom is 0.0791 e. The standard InChI is InChI=1S/C10H22N2O2/c1-8-10(4-5-14-8)11-6-9(13)7-12(2)3/h8-11,13H,4-7H2,1-3H3. The first-order valence-electron chi connectivity index (χ1n) is 5.27. The molecule has 0 aliphatic carbocycles. The van der Waals surface area contributed by atoms with E-state index in [4.69, 9.17) is 4.74 Å². The van der Waals surface area contributed by atoms with E-state index in [1.54, 1.807) is 0 Å². The van der Waals surface area contributed by atoms with Gasteiger partial charge in [0, 0.05) is 25.7 Å². The molecular weight excluding hydrogens is 180 g/mol. The van der Waals surface area contributed by atoms with Crippen LogP contribution >= 0.6 is 0 Å². The normalized spacial score (nSPS) is 29.8. The third-order valence-electron chi connectivity index (χ3n) is 2.57. The topological polar surface area (TPSA) is 44.7 Å². The van der Waals surface area contributed by atoms with Gasteiger partial charge in [0.2, 0.25) is 0 Å². The lowest BCUT2D eigenvalue weighted by Gasteiger charge is -2.20. The second-order valence-electron chi connectivity index (χ2n) is 4.30. The monoisotopic (exact) mass is 202 g/mol. The molecule has 14 heavy (non-hydrogen) atoms. The zero-order valence-electron chi connectivity index (χ0n) is 9.36. The van der Waals surface area contributed by atoms with Crippen LogP contribution in [0, 0.1) is 0 Å². The number of aliphatic hydroxyl groups excluding tert-OH is 1. The van der Waals surface area contributed by atoms with Gasteiger partial charge in [0.1, 0.15) is 0 Å². The van der Waals surface area contributed by atoms with Gasteiger partial charge in [-0.3, -0.25) is 0 Å². The number of hydrogen-bond donors (Lipinski definition) is 2. The quantitative estimate of drug-likeness (QED) is 0.641. The highest BCUT2D eigenvalue weighted by Crippen LogP contribution is 2.12. The Hall–Kier alpha value is -0.160. The van der Waals surface area contributed by atoms with Crippen LogP contribution in [0.2, 0.25) is 0 Å². The Bertz CT molecular complexity index is 164. The summed E-state index contributed by atoms with van der Waals surface area (Å²) < 4.78 is 5.42. The van der Waals surface area contributed by atoms with Crippen molar-refractivity contribution in [3.8, 4) is 0 Å². The molecule has 1 fully saturated rings. The fraction of sp³-hybridized carbons (Fsp3) is 1.00. The first kappa shape index (κ1) is 11.9. The van der Waals surface area contributed by atoms with Crippen LogP contribution in [-0.2, 0) is 4.74 Å². The molecule has 1 saturated heterocycles. The first-order valence-corrected chi connectivity index (χ1v) is 5.27. The number of likely N-dealkylation sites (N-methyl/N-ethyl adjacent to an activating group) is 1. The van der Waals surface area contributed by atoms with Crippen LogP contribution in [0.15, 0.2) is 0 Å². The summed E-state index contributed by atoms with van der Waals surface area (Å²) in [6, 6.07) is 0.409. The number of rotatable bonds is 5. The summed E-state index contributed by atoms with van der Waals surface area (Å²) in [4.78, 5) is 1.99. The molecule has 0 radical (unpaired) electrons. The average Bonchev–Trinajstić information content (AvgIpc) is 2.46. The summed E-state index contributed by atoms with van der Waals surface area (Å²) in [5.41, 5.74) is 0.